The molecule has 2 amide bonds. The van der Waals surface area contributed by atoms with Gasteiger partial charge in [-0.2, -0.15) is 0 Å². The van der Waals surface area contributed by atoms with E-state index in [9.17, 15) is 14.4 Å². The summed E-state index contributed by atoms with van der Waals surface area (Å²) in [4.78, 5) is 41.1. The van der Waals surface area contributed by atoms with Crippen molar-refractivity contribution < 1.29 is 14.0 Å². The molecule has 2 aromatic heterocycles. The van der Waals surface area contributed by atoms with E-state index in [1.165, 1.54) is 4.57 Å². The predicted octanol–water partition coefficient (Wildman–Crippen LogP) is 0.562. The van der Waals surface area contributed by atoms with Crippen molar-refractivity contribution in [3.63, 3.8) is 0 Å². The fraction of sp³-hybridized carbons (Fsp3) is 0.476. The number of nitrogens with zero attached hydrogens (tertiary/aromatic N) is 3. The van der Waals surface area contributed by atoms with Crippen LogP contribution in [0.4, 0.5) is 0 Å². The van der Waals surface area contributed by atoms with Gasteiger partial charge in [-0.15, -0.1) is 0 Å². The van der Waals surface area contributed by atoms with Gasteiger partial charge < -0.3 is 19.2 Å². The molecule has 0 spiro atoms. The third-order valence-corrected chi connectivity index (χ3v) is 5.74. The van der Waals surface area contributed by atoms with Crippen LogP contribution in [0.5, 0.6) is 0 Å². The monoisotopic (exact) mass is 398 g/mol. The van der Waals surface area contributed by atoms with E-state index in [0.717, 1.165) is 22.6 Å². The Labute approximate surface area is 169 Å². The van der Waals surface area contributed by atoms with Crippen LogP contribution in [0.2, 0.25) is 0 Å². The van der Waals surface area contributed by atoms with Gasteiger partial charge in [-0.25, -0.2) is 0 Å². The zero-order chi connectivity index (χ0) is 20.5. The van der Waals surface area contributed by atoms with Crippen LogP contribution in [-0.4, -0.2) is 51.9 Å². The van der Waals surface area contributed by atoms with Gasteiger partial charge >= 0.3 is 0 Å². The second kappa shape index (κ2) is 7.87. The third-order valence-electron chi connectivity index (χ3n) is 5.74. The van der Waals surface area contributed by atoms with E-state index in [-0.39, 0.29) is 23.8 Å². The highest BCUT2D eigenvalue weighted by Crippen LogP contribution is 2.21. The Kier molecular flexibility index (Phi) is 5.27. The van der Waals surface area contributed by atoms with Crippen LogP contribution in [0.25, 0.3) is 0 Å². The average Bonchev–Trinajstić information content (AvgIpc) is 3.09. The number of furan rings is 1. The van der Waals surface area contributed by atoms with Crippen molar-refractivity contribution in [2.45, 2.75) is 38.9 Å². The number of carbonyl (C=O) groups excluding carboxylic acids is 2. The van der Waals surface area contributed by atoms with Crippen molar-refractivity contribution in [1.29, 1.82) is 0 Å². The van der Waals surface area contributed by atoms with Crippen molar-refractivity contribution in [3.8, 4) is 0 Å². The van der Waals surface area contributed by atoms with Gasteiger partial charge in [-0.3, -0.25) is 19.3 Å². The molecule has 8 nitrogen and oxygen atoms in total. The number of rotatable bonds is 4. The number of fused-ring (bicyclic) bond motifs is 1. The summed E-state index contributed by atoms with van der Waals surface area (Å²) in [6, 6.07) is 4.95. The molecule has 154 valence electrons. The number of hydrogen-bond acceptors (Lipinski definition) is 5. The number of nitrogens with one attached hydrogen (secondary N) is 1. The van der Waals surface area contributed by atoms with Gasteiger partial charge in [-0.05, 0) is 36.6 Å². The Morgan fingerprint density at radius 3 is 2.83 bits per heavy atom. The Balaban J connectivity index is 1.46. The molecule has 1 atom stereocenters. The maximum absolute atomic E-state index is 13.0. The fourth-order valence-corrected chi connectivity index (χ4v) is 4.09. The lowest BCUT2D eigenvalue weighted by Gasteiger charge is -2.36. The first kappa shape index (κ1) is 19.4. The SMILES string of the molecule is Cc1ccc(CN2CCNC(=O)C2CC(=O)N2CCc3cc(=O)n(C)cc3C2)o1. The number of pyridine rings is 1. The largest absolute Gasteiger partial charge is 0.465 e. The van der Waals surface area contributed by atoms with E-state index < -0.39 is 6.04 Å². The van der Waals surface area contributed by atoms with Gasteiger partial charge in [0.05, 0.1) is 19.0 Å². The van der Waals surface area contributed by atoms with Crippen molar-refractivity contribution in [2.24, 2.45) is 7.05 Å². The highest BCUT2D eigenvalue weighted by atomic mass is 16.3. The van der Waals surface area contributed by atoms with Crippen molar-refractivity contribution in [2.75, 3.05) is 19.6 Å². The standard InChI is InChI=1S/C21H26N4O4/c1-14-3-4-17(29-14)13-24-8-6-22-21(28)18(24)10-20(27)25-7-5-15-9-19(26)23(2)11-16(15)12-25/h3-4,9,11,18H,5-8,10,12-13H2,1-2H3,(H,22,28). The zero-order valence-corrected chi connectivity index (χ0v) is 16.8. The summed E-state index contributed by atoms with van der Waals surface area (Å²) >= 11 is 0. The van der Waals surface area contributed by atoms with Crippen molar-refractivity contribution in [1.82, 2.24) is 19.7 Å². The molecule has 8 heteroatoms. The zero-order valence-electron chi connectivity index (χ0n) is 16.8. The fourth-order valence-electron chi connectivity index (χ4n) is 4.09. The molecule has 0 aliphatic carbocycles. The Morgan fingerprint density at radius 2 is 2.07 bits per heavy atom. The highest BCUT2D eigenvalue weighted by molar-refractivity contribution is 5.89. The molecule has 0 aromatic carbocycles. The lowest BCUT2D eigenvalue weighted by Crippen LogP contribution is -2.56. The second-order valence-electron chi connectivity index (χ2n) is 7.83. The molecular formula is C21H26N4O4. The Bertz CT molecular complexity index is 993. The van der Waals surface area contributed by atoms with Crippen LogP contribution in [0.3, 0.4) is 0 Å². The quantitative estimate of drug-likeness (QED) is 0.813. The minimum absolute atomic E-state index is 0.0359. The van der Waals surface area contributed by atoms with Gasteiger partial charge in [0.25, 0.3) is 5.56 Å². The molecule has 2 aliphatic rings. The van der Waals surface area contributed by atoms with Crippen molar-refractivity contribution >= 4 is 11.8 Å². The third kappa shape index (κ3) is 4.12. The van der Waals surface area contributed by atoms with Gasteiger partial charge in [0.15, 0.2) is 0 Å². The topological polar surface area (TPSA) is 87.8 Å². The summed E-state index contributed by atoms with van der Waals surface area (Å²) < 4.78 is 7.19. The molecule has 1 N–H and O–H groups in total. The van der Waals surface area contributed by atoms with Crippen LogP contribution in [0.1, 0.15) is 29.1 Å². The Hall–Kier alpha value is -2.87. The van der Waals surface area contributed by atoms with Crippen LogP contribution in [0.15, 0.2) is 33.6 Å². The first-order valence-electron chi connectivity index (χ1n) is 9.94. The molecular weight excluding hydrogens is 372 g/mol. The van der Waals surface area contributed by atoms with Gasteiger partial charge in [0.2, 0.25) is 11.8 Å². The first-order chi connectivity index (χ1) is 13.9. The molecule has 4 rings (SSSR count). The maximum atomic E-state index is 13.0. The van der Waals surface area contributed by atoms with Crippen molar-refractivity contribution in [3.05, 3.63) is 57.4 Å². The molecule has 2 aliphatic heterocycles. The molecule has 0 bridgehead atoms. The number of carbonyl (C=O) groups is 2. The molecule has 2 aromatic rings. The number of aromatic nitrogens is 1. The minimum atomic E-state index is -0.511. The van der Waals surface area contributed by atoms with Crippen LogP contribution in [0, 0.1) is 6.92 Å². The average molecular weight is 398 g/mol. The lowest BCUT2D eigenvalue weighted by molar-refractivity contribution is -0.139. The molecule has 1 saturated heterocycles. The minimum Gasteiger partial charge on any atom is -0.465 e. The first-order valence-corrected chi connectivity index (χ1v) is 9.94. The summed E-state index contributed by atoms with van der Waals surface area (Å²) in [5, 5.41) is 2.87. The molecule has 29 heavy (non-hydrogen) atoms. The van der Waals surface area contributed by atoms with E-state index in [4.69, 9.17) is 4.42 Å². The van der Waals surface area contributed by atoms with Crippen LogP contribution >= 0.6 is 0 Å². The van der Waals surface area contributed by atoms with E-state index in [2.05, 4.69) is 5.32 Å². The second-order valence-corrected chi connectivity index (χ2v) is 7.83. The van der Waals surface area contributed by atoms with Crippen LogP contribution in [-0.2, 0) is 36.1 Å². The van der Waals surface area contributed by atoms with Gasteiger partial charge in [0.1, 0.15) is 11.5 Å². The molecule has 4 heterocycles. The maximum Gasteiger partial charge on any atom is 0.250 e. The normalized spacial score (nSPS) is 19.7. The molecule has 1 fully saturated rings. The number of hydrogen-bond donors (Lipinski definition) is 1. The van der Waals surface area contributed by atoms with Crippen LogP contribution < -0.4 is 10.9 Å². The smallest absolute Gasteiger partial charge is 0.250 e. The van der Waals surface area contributed by atoms with Gasteiger partial charge in [-0.1, -0.05) is 0 Å². The van der Waals surface area contributed by atoms with E-state index in [0.29, 0.717) is 39.1 Å². The number of piperazine rings is 1. The van der Waals surface area contributed by atoms with Gasteiger partial charge in [0, 0.05) is 45.5 Å². The van der Waals surface area contributed by atoms with E-state index in [1.807, 2.05) is 24.0 Å². The Morgan fingerprint density at radius 1 is 1.24 bits per heavy atom. The number of aryl methyl sites for hydroxylation is 2. The summed E-state index contributed by atoms with van der Waals surface area (Å²) in [6.45, 7) is 4.66. The van der Waals surface area contributed by atoms with E-state index in [1.54, 1.807) is 24.2 Å². The predicted molar refractivity (Wildman–Crippen MR) is 106 cm³/mol. The summed E-state index contributed by atoms with van der Waals surface area (Å²) in [7, 11) is 1.71. The molecule has 0 saturated carbocycles. The lowest BCUT2D eigenvalue weighted by atomic mass is 10.0. The molecule has 1 unspecified atom stereocenters. The number of amides is 2. The summed E-state index contributed by atoms with van der Waals surface area (Å²) in [5.74, 6) is 1.46. The highest BCUT2D eigenvalue weighted by Gasteiger charge is 2.34. The summed E-state index contributed by atoms with van der Waals surface area (Å²) in [5.41, 5.74) is 1.95. The summed E-state index contributed by atoms with van der Waals surface area (Å²) in [6.07, 6.45) is 2.59. The van der Waals surface area contributed by atoms with E-state index >= 15 is 0 Å². The molecule has 0 radical (unpaired) electrons.